The summed E-state index contributed by atoms with van der Waals surface area (Å²) >= 11 is 0. The van der Waals surface area contributed by atoms with E-state index in [1.165, 1.54) is 0 Å². The van der Waals surface area contributed by atoms with Crippen LogP contribution in [0.5, 0.6) is 11.5 Å². The summed E-state index contributed by atoms with van der Waals surface area (Å²) in [6, 6.07) is 32.1. The normalized spacial score (nSPS) is 11.8. The molecule has 0 spiro atoms. The summed E-state index contributed by atoms with van der Waals surface area (Å²) in [5.74, 6) is -0.0477. The first-order chi connectivity index (χ1) is 17.4. The summed E-state index contributed by atoms with van der Waals surface area (Å²) in [6.07, 6.45) is 0. The van der Waals surface area contributed by atoms with Crippen LogP contribution in [0.15, 0.2) is 114 Å². The van der Waals surface area contributed by atoms with Crippen LogP contribution in [-0.4, -0.2) is 18.6 Å². The van der Waals surface area contributed by atoms with Gasteiger partial charge in [-0.1, -0.05) is 84.9 Å². The van der Waals surface area contributed by atoms with Gasteiger partial charge in [-0.3, -0.25) is 4.72 Å². The summed E-state index contributed by atoms with van der Waals surface area (Å²) in [6.45, 7) is 0. The molecule has 6 aromatic rings. The van der Waals surface area contributed by atoms with Crippen molar-refractivity contribution >= 4 is 48.0 Å². The van der Waals surface area contributed by atoms with Gasteiger partial charge in [-0.05, 0) is 45.8 Å². The Bertz CT molecular complexity index is 1910. The first-order valence-electron chi connectivity index (χ1n) is 11.4. The quantitative estimate of drug-likeness (QED) is 0.231. The predicted molar refractivity (Wildman–Crippen MR) is 145 cm³/mol. The van der Waals surface area contributed by atoms with Crippen molar-refractivity contribution in [2.24, 2.45) is 0 Å². The van der Waals surface area contributed by atoms with Crippen LogP contribution in [0.3, 0.4) is 0 Å². The van der Waals surface area contributed by atoms with Crippen molar-refractivity contribution in [3.63, 3.8) is 0 Å². The second-order valence-corrected chi connectivity index (χ2v) is 10.3. The molecule has 0 atom stereocenters. The lowest BCUT2D eigenvalue weighted by molar-refractivity contribution is 0.472. The van der Waals surface area contributed by atoms with Crippen LogP contribution in [-0.2, 0) is 10.0 Å². The molecule has 0 aliphatic carbocycles. The average molecular weight is 492 g/mol. The van der Waals surface area contributed by atoms with Gasteiger partial charge in [0.25, 0.3) is 10.0 Å². The number of sulfonamides is 1. The van der Waals surface area contributed by atoms with Crippen molar-refractivity contribution in [2.75, 3.05) is 4.72 Å². The molecule has 0 aromatic heterocycles. The van der Waals surface area contributed by atoms with E-state index in [2.05, 4.69) is 4.72 Å². The summed E-state index contributed by atoms with van der Waals surface area (Å²) in [4.78, 5) is 0.132. The molecule has 0 aliphatic heterocycles. The van der Waals surface area contributed by atoms with Gasteiger partial charge < -0.3 is 10.2 Å². The highest BCUT2D eigenvalue weighted by atomic mass is 32.2. The fourth-order valence-electron chi connectivity index (χ4n) is 4.72. The van der Waals surface area contributed by atoms with Gasteiger partial charge in [0.05, 0.1) is 10.6 Å². The van der Waals surface area contributed by atoms with Crippen LogP contribution in [0.1, 0.15) is 0 Å². The number of hydrogen-bond acceptors (Lipinski definition) is 4. The van der Waals surface area contributed by atoms with Gasteiger partial charge in [0.2, 0.25) is 0 Å². The average Bonchev–Trinajstić information content (AvgIpc) is 2.90. The lowest BCUT2D eigenvalue weighted by atomic mass is 9.93. The molecule has 0 fully saturated rings. The molecule has 0 radical (unpaired) electrons. The number of fused-ring (bicyclic) bond motifs is 3. The molecule has 0 amide bonds. The largest absolute Gasteiger partial charge is 0.507 e. The van der Waals surface area contributed by atoms with Crippen LogP contribution in [0, 0.1) is 0 Å². The number of aromatic hydroxyl groups is 2. The van der Waals surface area contributed by atoms with E-state index in [0.717, 1.165) is 21.5 Å². The Morgan fingerprint density at radius 2 is 1.19 bits per heavy atom. The molecule has 5 nitrogen and oxygen atoms in total. The van der Waals surface area contributed by atoms with Crippen molar-refractivity contribution in [3.8, 4) is 22.6 Å². The van der Waals surface area contributed by atoms with Gasteiger partial charge in [0.1, 0.15) is 11.5 Å². The van der Waals surface area contributed by atoms with Crippen LogP contribution in [0.4, 0.5) is 5.69 Å². The molecular formula is C30H21NO4S. The first-order valence-corrected chi connectivity index (χ1v) is 12.9. The fourth-order valence-corrected chi connectivity index (χ4v) is 5.82. The Morgan fingerprint density at radius 1 is 0.583 bits per heavy atom. The second-order valence-electron chi connectivity index (χ2n) is 8.66. The van der Waals surface area contributed by atoms with Crippen LogP contribution in [0.2, 0.25) is 0 Å². The van der Waals surface area contributed by atoms with Gasteiger partial charge >= 0.3 is 0 Å². The van der Waals surface area contributed by atoms with Gasteiger partial charge in [-0.25, -0.2) is 8.42 Å². The highest BCUT2D eigenvalue weighted by Crippen LogP contribution is 2.46. The van der Waals surface area contributed by atoms with Crippen molar-refractivity contribution in [1.29, 1.82) is 0 Å². The number of phenolic OH excluding ortho intramolecular Hbond substituents is 2. The Kier molecular flexibility index (Phi) is 5.05. The molecule has 0 saturated carbocycles. The van der Waals surface area contributed by atoms with Gasteiger partial charge in [-0.15, -0.1) is 0 Å². The molecule has 6 heteroatoms. The fraction of sp³-hybridized carbons (Fsp3) is 0. The lowest BCUT2D eigenvalue weighted by Crippen LogP contribution is -2.13. The van der Waals surface area contributed by atoms with Gasteiger partial charge in [0, 0.05) is 21.9 Å². The second kappa shape index (κ2) is 8.29. The Labute approximate surface area is 207 Å². The molecule has 0 bridgehead atoms. The summed E-state index contributed by atoms with van der Waals surface area (Å²) in [5, 5.41) is 26.5. The molecule has 0 heterocycles. The van der Waals surface area contributed by atoms with Gasteiger partial charge in [0.15, 0.2) is 0 Å². The zero-order valence-electron chi connectivity index (χ0n) is 19.0. The monoisotopic (exact) mass is 491 g/mol. The number of hydrogen-bond donors (Lipinski definition) is 3. The number of benzene rings is 6. The molecular weight excluding hydrogens is 470 g/mol. The zero-order chi connectivity index (χ0) is 24.9. The van der Waals surface area contributed by atoms with Crippen LogP contribution < -0.4 is 4.72 Å². The van der Waals surface area contributed by atoms with E-state index in [1.807, 2.05) is 48.5 Å². The minimum Gasteiger partial charge on any atom is -0.507 e. The van der Waals surface area contributed by atoms with E-state index in [0.29, 0.717) is 27.6 Å². The highest BCUT2D eigenvalue weighted by molar-refractivity contribution is 7.92. The molecule has 0 saturated heterocycles. The first kappa shape index (κ1) is 21.9. The lowest BCUT2D eigenvalue weighted by Gasteiger charge is -2.17. The van der Waals surface area contributed by atoms with E-state index in [1.54, 1.807) is 60.7 Å². The molecule has 176 valence electrons. The number of anilines is 1. The SMILES string of the molecule is O=S(=O)(Nc1cc(-c2c(O)ccc3ccccc23)c(O)c2ccccc12)c1ccc2ccccc2c1. The third-order valence-electron chi connectivity index (χ3n) is 6.47. The van der Waals surface area contributed by atoms with Crippen molar-refractivity contribution in [3.05, 3.63) is 109 Å². The number of nitrogens with one attached hydrogen (secondary N) is 1. The van der Waals surface area contributed by atoms with E-state index >= 15 is 0 Å². The Balaban J connectivity index is 1.57. The molecule has 0 aliphatic rings. The topological polar surface area (TPSA) is 86.6 Å². The summed E-state index contributed by atoms with van der Waals surface area (Å²) in [7, 11) is -3.95. The molecule has 36 heavy (non-hydrogen) atoms. The standard InChI is InChI=1S/C30H21NO4S/c32-28-16-14-20-8-3-4-10-23(20)29(28)26-18-27(24-11-5-6-12-25(24)30(26)33)31-36(34,35)22-15-13-19-7-1-2-9-21(19)17-22/h1-18,31-33H. The minimum absolute atomic E-state index is 0.0115. The third-order valence-corrected chi connectivity index (χ3v) is 7.83. The Morgan fingerprint density at radius 3 is 1.97 bits per heavy atom. The predicted octanol–water partition coefficient (Wildman–Crippen LogP) is 7.03. The molecule has 3 N–H and O–H groups in total. The van der Waals surface area contributed by atoms with Gasteiger partial charge in [-0.2, -0.15) is 0 Å². The molecule has 6 aromatic carbocycles. The van der Waals surface area contributed by atoms with Crippen LogP contribution >= 0.6 is 0 Å². The summed E-state index contributed by atoms with van der Waals surface area (Å²) in [5.41, 5.74) is 1.07. The number of rotatable bonds is 4. The van der Waals surface area contributed by atoms with Crippen LogP contribution in [0.25, 0.3) is 43.4 Å². The van der Waals surface area contributed by atoms with E-state index in [9.17, 15) is 18.6 Å². The van der Waals surface area contributed by atoms with E-state index < -0.39 is 10.0 Å². The van der Waals surface area contributed by atoms with Crippen molar-refractivity contribution in [1.82, 2.24) is 0 Å². The van der Waals surface area contributed by atoms with Crippen molar-refractivity contribution < 1.29 is 18.6 Å². The maximum absolute atomic E-state index is 13.5. The maximum Gasteiger partial charge on any atom is 0.261 e. The zero-order valence-corrected chi connectivity index (χ0v) is 19.8. The van der Waals surface area contributed by atoms with E-state index in [4.69, 9.17) is 0 Å². The maximum atomic E-state index is 13.5. The third kappa shape index (κ3) is 3.59. The smallest absolute Gasteiger partial charge is 0.261 e. The summed E-state index contributed by atoms with van der Waals surface area (Å²) < 4.78 is 29.7. The Hall–Kier alpha value is -4.55. The molecule has 0 unspecified atom stereocenters. The molecule has 6 rings (SSSR count). The van der Waals surface area contributed by atoms with Crippen molar-refractivity contribution in [2.45, 2.75) is 4.90 Å². The van der Waals surface area contributed by atoms with E-state index in [-0.39, 0.29) is 16.4 Å². The highest BCUT2D eigenvalue weighted by Gasteiger charge is 2.21. The number of phenols is 2. The minimum atomic E-state index is -3.95.